The number of aromatic nitrogens is 2. The van der Waals surface area contributed by atoms with Crippen molar-refractivity contribution in [1.29, 1.82) is 0 Å². The van der Waals surface area contributed by atoms with Gasteiger partial charge in [0.05, 0.1) is 27.8 Å². The summed E-state index contributed by atoms with van der Waals surface area (Å²) in [6.07, 6.45) is 1.76. The van der Waals surface area contributed by atoms with Crippen molar-refractivity contribution < 1.29 is 18.3 Å². The smallest absolute Gasteiger partial charge is 0.262 e. The molecule has 0 aliphatic carbocycles. The van der Waals surface area contributed by atoms with E-state index >= 15 is 0 Å². The molecule has 0 unspecified atom stereocenters. The number of para-hydroxylation sites is 2. The number of aromatic hydroxyl groups is 1. The number of aryl methyl sites for hydroxylation is 1. The highest BCUT2D eigenvalue weighted by atomic mass is 32.2. The number of hydrogen-bond acceptors (Lipinski definition) is 8. The van der Waals surface area contributed by atoms with E-state index in [-0.39, 0.29) is 28.5 Å². The second-order valence-corrected chi connectivity index (χ2v) is 10.5. The SMILES string of the molecule is NS(=O)(=O)c1ccc(CCn2c(SCC(=O)N/N=C/c3ccccc3O)nc3ccccc3c2=O)cc1. The van der Waals surface area contributed by atoms with Crippen LogP contribution in [-0.4, -0.2) is 41.0 Å². The molecule has 0 fully saturated rings. The fraction of sp³-hybridized carbons (Fsp3) is 0.120. The third-order valence-corrected chi connectivity index (χ3v) is 7.27. The fourth-order valence-corrected chi connectivity index (χ4v) is 4.81. The molecule has 4 N–H and O–H groups in total. The molecule has 0 aliphatic rings. The lowest BCUT2D eigenvalue weighted by Crippen LogP contribution is -2.26. The summed E-state index contributed by atoms with van der Waals surface area (Å²) in [5.41, 5.74) is 3.93. The minimum absolute atomic E-state index is 0.00758. The lowest BCUT2D eigenvalue weighted by atomic mass is 10.1. The molecule has 0 radical (unpaired) electrons. The Morgan fingerprint density at radius 1 is 1.08 bits per heavy atom. The maximum atomic E-state index is 13.2. The highest BCUT2D eigenvalue weighted by molar-refractivity contribution is 7.99. The van der Waals surface area contributed by atoms with Crippen LogP contribution in [0.2, 0.25) is 0 Å². The van der Waals surface area contributed by atoms with Gasteiger partial charge in [0.25, 0.3) is 11.5 Å². The van der Waals surface area contributed by atoms with Gasteiger partial charge in [-0.15, -0.1) is 0 Å². The third-order valence-electron chi connectivity index (χ3n) is 5.36. The van der Waals surface area contributed by atoms with Gasteiger partial charge in [-0.1, -0.05) is 48.2 Å². The van der Waals surface area contributed by atoms with E-state index in [9.17, 15) is 23.1 Å². The average Bonchev–Trinajstić information content (AvgIpc) is 2.88. The molecule has 1 aromatic heterocycles. The Balaban J connectivity index is 1.50. The van der Waals surface area contributed by atoms with Crippen LogP contribution < -0.4 is 16.1 Å². The summed E-state index contributed by atoms with van der Waals surface area (Å²) < 4.78 is 24.5. The number of benzene rings is 3. The van der Waals surface area contributed by atoms with Crippen LogP contribution in [0.25, 0.3) is 10.9 Å². The summed E-state index contributed by atoms with van der Waals surface area (Å²) in [5.74, 6) is -0.422. The van der Waals surface area contributed by atoms with Gasteiger partial charge < -0.3 is 5.11 Å². The molecule has 10 nitrogen and oxygen atoms in total. The number of phenols is 1. The van der Waals surface area contributed by atoms with E-state index in [1.165, 1.54) is 29.0 Å². The van der Waals surface area contributed by atoms with E-state index < -0.39 is 15.9 Å². The number of hydrazone groups is 1. The van der Waals surface area contributed by atoms with Crippen LogP contribution >= 0.6 is 11.8 Å². The van der Waals surface area contributed by atoms with Crippen LogP contribution in [-0.2, 0) is 27.8 Å². The number of fused-ring (bicyclic) bond motifs is 1. The summed E-state index contributed by atoms with van der Waals surface area (Å²) >= 11 is 1.10. The Labute approximate surface area is 216 Å². The van der Waals surface area contributed by atoms with Crippen LogP contribution in [0.5, 0.6) is 5.75 Å². The van der Waals surface area contributed by atoms with Gasteiger partial charge in [-0.25, -0.2) is 24.0 Å². The van der Waals surface area contributed by atoms with Crippen LogP contribution in [0.4, 0.5) is 0 Å². The number of thioether (sulfide) groups is 1. The number of nitrogens with zero attached hydrogens (tertiary/aromatic N) is 3. The van der Waals surface area contributed by atoms with E-state index in [0.29, 0.717) is 28.0 Å². The number of amides is 1. The number of carbonyl (C=O) groups is 1. The number of phenolic OH excluding ortho intramolecular Hbond substituents is 1. The summed E-state index contributed by atoms with van der Waals surface area (Å²) in [6, 6.07) is 19.7. The predicted molar refractivity (Wildman–Crippen MR) is 142 cm³/mol. The summed E-state index contributed by atoms with van der Waals surface area (Å²) in [5, 5.41) is 19.6. The Bertz CT molecular complexity index is 1630. The summed E-state index contributed by atoms with van der Waals surface area (Å²) in [7, 11) is -3.79. The van der Waals surface area contributed by atoms with Crippen LogP contribution in [0.15, 0.2) is 92.7 Å². The number of carbonyl (C=O) groups excluding carboxylic acids is 1. The van der Waals surface area contributed by atoms with Crippen molar-refractivity contribution in [3.05, 3.63) is 94.3 Å². The molecule has 0 saturated heterocycles. The van der Waals surface area contributed by atoms with E-state index in [1.54, 1.807) is 54.6 Å². The average molecular weight is 538 g/mol. The summed E-state index contributed by atoms with van der Waals surface area (Å²) in [4.78, 5) is 30.2. The first-order chi connectivity index (χ1) is 17.7. The van der Waals surface area contributed by atoms with Crippen molar-refractivity contribution in [3.8, 4) is 5.75 Å². The van der Waals surface area contributed by atoms with Crippen molar-refractivity contribution in [2.24, 2.45) is 10.2 Å². The highest BCUT2D eigenvalue weighted by Gasteiger charge is 2.14. The number of hydrogen-bond donors (Lipinski definition) is 3. The van der Waals surface area contributed by atoms with E-state index in [2.05, 4.69) is 15.5 Å². The van der Waals surface area contributed by atoms with Crippen molar-refractivity contribution >= 4 is 44.8 Å². The second kappa shape index (κ2) is 11.4. The first kappa shape index (κ1) is 26.1. The Kier molecular flexibility index (Phi) is 8.01. The molecule has 3 aromatic carbocycles. The molecule has 4 rings (SSSR count). The van der Waals surface area contributed by atoms with Gasteiger partial charge in [-0.05, 0) is 48.4 Å². The van der Waals surface area contributed by atoms with Crippen LogP contribution in [0.3, 0.4) is 0 Å². The Hall–Kier alpha value is -4.00. The first-order valence-corrected chi connectivity index (χ1v) is 13.6. The molecule has 0 atom stereocenters. The number of nitrogens with two attached hydrogens (primary N) is 1. The van der Waals surface area contributed by atoms with Gasteiger partial charge in [0.2, 0.25) is 10.0 Å². The Morgan fingerprint density at radius 3 is 2.51 bits per heavy atom. The predicted octanol–water partition coefficient (Wildman–Crippen LogP) is 2.23. The van der Waals surface area contributed by atoms with Gasteiger partial charge in [0, 0.05) is 12.1 Å². The van der Waals surface area contributed by atoms with E-state index in [1.807, 2.05) is 0 Å². The molecule has 1 amide bonds. The molecule has 12 heteroatoms. The highest BCUT2D eigenvalue weighted by Crippen LogP contribution is 2.19. The first-order valence-electron chi connectivity index (χ1n) is 11.1. The molecule has 0 bridgehead atoms. The minimum atomic E-state index is -3.79. The van der Waals surface area contributed by atoms with Gasteiger partial charge >= 0.3 is 0 Å². The zero-order chi connectivity index (χ0) is 26.4. The topological polar surface area (TPSA) is 157 Å². The quantitative estimate of drug-likeness (QED) is 0.128. The van der Waals surface area contributed by atoms with Crippen LogP contribution in [0, 0.1) is 0 Å². The largest absolute Gasteiger partial charge is 0.507 e. The van der Waals surface area contributed by atoms with Crippen molar-refractivity contribution in [1.82, 2.24) is 15.0 Å². The second-order valence-electron chi connectivity index (χ2n) is 7.95. The van der Waals surface area contributed by atoms with Gasteiger partial charge in [-0.2, -0.15) is 5.10 Å². The monoisotopic (exact) mass is 537 g/mol. The molecule has 0 saturated carbocycles. The van der Waals surface area contributed by atoms with Gasteiger partial charge in [0.15, 0.2) is 5.16 Å². The fourth-order valence-electron chi connectivity index (χ4n) is 3.47. The van der Waals surface area contributed by atoms with Crippen LogP contribution in [0.1, 0.15) is 11.1 Å². The number of rotatable bonds is 9. The molecule has 1 heterocycles. The minimum Gasteiger partial charge on any atom is -0.507 e. The standard InChI is InChI=1S/C25H23N5O5S2/c26-37(34,35)19-11-9-17(10-12-19)13-14-30-24(33)20-6-2-3-7-21(20)28-25(30)36-16-23(32)29-27-15-18-5-1-4-8-22(18)31/h1-12,15,31H,13-14,16H2,(H,29,32)(H2,26,34,35)/b27-15+. The molecule has 190 valence electrons. The van der Waals surface area contributed by atoms with E-state index in [0.717, 1.165) is 17.3 Å². The zero-order valence-electron chi connectivity index (χ0n) is 19.4. The van der Waals surface area contributed by atoms with Gasteiger partial charge in [-0.3, -0.25) is 14.2 Å². The third kappa shape index (κ3) is 6.61. The summed E-state index contributed by atoms with van der Waals surface area (Å²) in [6.45, 7) is 0.265. The molecular weight excluding hydrogens is 514 g/mol. The van der Waals surface area contributed by atoms with Crippen molar-refractivity contribution in [3.63, 3.8) is 0 Å². The normalized spacial score (nSPS) is 11.7. The van der Waals surface area contributed by atoms with Crippen molar-refractivity contribution in [2.45, 2.75) is 23.0 Å². The van der Waals surface area contributed by atoms with E-state index in [4.69, 9.17) is 5.14 Å². The number of primary sulfonamides is 1. The van der Waals surface area contributed by atoms with Gasteiger partial charge in [0.1, 0.15) is 5.75 Å². The molecular formula is C25H23N5O5S2. The molecule has 37 heavy (non-hydrogen) atoms. The van der Waals surface area contributed by atoms with Crippen molar-refractivity contribution in [2.75, 3.05) is 5.75 Å². The molecule has 4 aromatic rings. The lowest BCUT2D eigenvalue weighted by molar-refractivity contribution is -0.118. The molecule has 0 spiro atoms. The Morgan fingerprint density at radius 2 is 1.78 bits per heavy atom. The maximum absolute atomic E-state index is 13.2. The zero-order valence-corrected chi connectivity index (χ0v) is 21.1. The molecule has 0 aliphatic heterocycles. The lowest BCUT2D eigenvalue weighted by Gasteiger charge is -2.13. The number of nitrogens with one attached hydrogen (secondary N) is 1. The maximum Gasteiger partial charge on any atom is 0.262 e. The number of sulfonamides is 1.